The van der Waals surface area contributed by atoms with Crippen molar-refractivity contribution in [2.24, 2.45) is 5.73 Å². The van der Waals surface area contributed by atoms with E-state index in [1.165, 1.54) is 35.6 Å². The van der Waals surface area contributed by atoms with Gasteiger partial charge in [-0.2, -0.15) is 0 Å². The molecule has 0 spiro atoms. The fraction of sp³-hybridized carbons (Fsp3) is 0.0667. The number of thiazole rings is 1. The van der Waals surface area contributed by atoms with Gasteiger partial charge in [0, 0.05) is 40.0 Å². The minimum absolute atomic E-state index is 0.135. The molecule has 12 heteroatoms. The predicted molar refractivity (Wildman–Crippen MR) is 125 cm³/mol. The summed E-state index contributed by atoms with van der Waals surface area (Å²) in [6.07, 6.45) is 0. The monoisotopic (exact) mass is 580 g/mol. The van der Waals surface area contributed by atoms with Crippen LogP contribution in [0.5, 0.6) is 0 Å². The quantitative estimate of drug-likeness (QED) is 0.222. The zero-order valence-electron chi connectivity index (χ0n) is 13.4. The number of nitrogens with zero attached hydrogens (tertiary/aromatic N) is 1. The van der Waals surface area contributed by atoms with Gasteiger partial charge in [0.05, 0.1) is 15.6 Å². The zero-order chi connectivity index (χ0) is 20.8. The summed E-state index contributed by atoms with van der Waals surface area (Å²) >= 11 is 21.0. The van der Waals surface area contributed by atoms with Gasteiger partial charge < -0.3 is 16.8 Å². The number of aromatic nitrogens is 1. The second-order valence-corrected chi connectivity index (χ2v) is 6.57. The average molecular weight is 583 g/mol. The Kier molecular flexibility index (Phi) is 14.7. The number of nitrogens with one attached hydrogen (secondary N) is 1. The van der Waals surface area contributed by atoms with Crippen molar-refractivity contribution in [2.75, 3.05) is 16.4 Å². The lowest BCUT2D eigenvalue weighted by atomic mass is 10.3. The van der Waals surface area contributed by atoms with Gasteiger partial charge in [0.1, 0.15) is 11.6 Å². The Morgan fingerprint density at radius 2 is 1.74 bits per heavy atom. The minimum atomic E-state index is -0.314. The van der Waals surface area contributed by atoms with E-state index < -0.39 is 0 Å². The third-order valence-electron chi connectivity index (χ3n) is 2.46. The number of nitrogen functional groups attached to an aromatic ring is 1. The molecule has 1 aromatic heterocycles. The van der Waals surface area contributed by atoms with Gasteiger partial charge in [-0.05, 0) is 42.5 Å². The molecule has 2 aromatic carbocycles. The van der Waals surface area contributed by atoms with Crippen molar-refractivity contribution >= 4 is 101 Å². The maximum absolute atomic E-state index is 12.6. The predicted octanol–water partition coefficient (Wildman–Crippen LogP) is 6.61. The Morgan fingerprint density at radius 3 is 2.30 bits per heavy atom. The van der Waals surface area contributed by atoms with Gasteiger partial charge >= 0.3 is 0 Å². The van der Waals surface area contributed by atoms with E-state index in [0.29, 0.717) is 16.3 Å². The molecule has 3 aromatic rings. The van der Waals surface area contributed by atoms with Crippen LogP contribution in [0.4, 0.5) is 19.6 Å². The highest BCUT2D eigenvalue weighted by atomic mass is 80.9. The van der Waals surface area contributed by atoms with Gasteiger partial charge in [-0.25, -0.2) is 13.8 Å². The number of hydrogen-bond donors (Lipinski definition) is 3. The van der Waals surface area contributed by atoms with Crippen molar-refractivity contribution in [1.29, 1.82) is 0 Å². The summed E-state index contributed by atoms with van der Waals surface area (Å²) in [4.78, 5) is 3.93. The molecule has 0 amide bonds. The minimum Gasteiger partial charge on any atom is -0.376 e. The summed E-state index contributed by atoms with van der Waals surface area (Å²) in [5.74, 6) is -0.589. The van der Waals surface area contributed by atoms with Gasteiger partial charge in [0.2, 0.25) is 0 Å². The molecule has 0 aliphatic heterocycles. The fourth-order valence-electron chi connectivity index (χ4n) is 1.63. The lowest BCUT2D eigenvalue weighted by Crippen LogP contribution is -2.18. The lowest BCUT2D eigenvalue weighted by molar-refractivity contribution is 0.628. The van der Waals surface area contributed by atoms with Crippen LogP contribution in [0.2, 0.25) is 0 Å². The second kappa shape index (κ2) is 15.2. The number of anilines is 2. The summed E-state index contributed by atoms with van der Waals surface area (Å²) in [6, 6.07) is 10.4. The van der Waals surface area contributed by atoms with Gasteiger partial charge in [0.25, 0.3) is 0 Å². The number of benzene rings is 2. The Hall–Kier alpha value is -0.780. The maximum atomic E-state index is 12.6. The smallest absolute Gasteiger partial charge is 0.181 e. The second-order valence-electron chi connectivity index (χ2n) is 4.26. The third-order valence-corrected chi connectivity index (χ3v) is 3.43. The first kappa shape index (κ1) is 26.2. The van der Waals surface area contributed by atoms with Crippen LogP contribution in [-0.4, -0.2) is 15.4 Å². The lowest BCUT2D eigenvalue weighted by Gasteiger charge is -2.01. The van der Waals surface area contributed by atoms with Crippen LogP contribution in [0.3, 0.4) is 0 Å². The Bertz CT molecular complexity index is 840. The summed E-state index contributed by atoms with van der Waals surface area (Å²) in [5, 5.41) is 3.42. The van der Waals surface area contributed by atoms with Crippen LogP contribution in [0, 0.1) is 11.6 Å². The molecule has 0 aliphatic carbocycles. The molecule has 0 fully saturated rings. The molecule has 0 unspecified atom stereocenters. The van der Waals surface area contributed by atoms with Crippen molar-refractivity contribution < 1.29 is 8.78 Å². The van der Waals surface area contributed by atoms with Crippen molar-refractivity contribution in [3.63, 3.8) is 0 Å². The third kappa shape index (κ3) is 11.6. The summed E-state index contributed by atoms with van der Waals surface area (Å²) in [5.41, 5.74) is 11.8. The highest BCUT2D eigenvalue weighted by Crippen LogP contribution is 2.23. The Balaban J connectivity index is 0.000000406. The molecule has 0 saturated heterocycles. The maximum Gasteiger partial charge on any atom is 0.181 e. The normalized spacial score (nSPS) is 8.96. The molecule has 0 saturated carbocycles. The zero-order valence-corrected chi connectivity index (χ0v) is 19.8. The number of rotatable bonds is 1. The van der Waals surface area contributed by atoms with E-state index in [0.717, 1.165) is 4.70 Å². The molecular weight excluding hydrogens is 569 g/mol. The van der Waals surface area contributed by atoms with Crippen molar-refractivity contribution in [1.82, 2.24) is 4.98 Å². The van der Waals surface area contributed by atoms with E-state index in [1.54, 1.807) is 18.2 Å². The number of fused-ring (bicyclic) bond motifs is 1. The fourth-order valence-corrected chi connectivity index (χ4v) is 2.46. The molecule has 0 aliphatic rings. The van der Waals surface area contributed by atoms with E-state index in [1.807, 2.05) is 0 Å². The van der Waals surface area contributed by atoms with E-state index in [-0.39, 0.29) is 22.1 Å². The molecule has 0 atom stereocenters. The molecule has 0 radical (unpaired) electrons. The largest absolute Gasteiger partial charge is 0.376 e. The number of hydrogen-bond acceptors (Lipinski definition) is 4. The van der Waals surface area contributed by atoms with Crippen molar-refractivity contribution in [3.05, 3.63) is 54.1 Å². The van der Waals surface area contributed by atoms with Gasteiger partial charge in [-0.3, -0.25) is 0 Å². The molecule has 5 N–H and O–H groups in total. The first-order valence-corrected chi connectivity index (χ1v) is 12.8. The van der Waals surface area contributed by atoms with Gasteiger partial charge in [-0.15, -0.1) is 23.2 Å². The van der Waals surface area contributed by atoms with Gasteiger partial charge in [-0.1, -0.05) is 17.4 Å². The highest BCUT2D eigenvalue weighted by Gasteiger charge is 2.00. The standard InChI is InChI=1S/C7H5FN2S.C7H7FN2S.CH2Cl2.Br2/c8-4-1-2-6-5(3-4)10-7(9)11-6;8-5-2-1-3-6(4-5)10-7(9)11;2-1-3;1-2/h1-3H,(H2,9,10);1-4H,(H3,9,10,11);1H2;. The number of alkyl halides is 2. The molecular formula is C15H14Br2Cl2F2N4S2. The SMILES string of the molecule is BrBr.ClCCl.NC(=S)Nc1cccc(F)c1.Nc1nc2cc(F)ccc2s1. The average Bonchev–Trinajstić information content (AvgIpc) is 2.96. The van der Waals surface area contributed by atoms with Crippen LogP contribution in [-0.2, 0) is 0 Å². The van der Waals surface area contributed by atoms with E-state index in [4.69, 9.17) is 34.7 Å². The van der Waals surface area contributed by atoms with E-state index in [9.17, 15) is 8.78 Å². The summed E-state index contributed by atoms with van der Waals surface area (Å²) in [6.45, 7) is 0. The van der Waals surface area contributed by atoms with Crippen LogP contribution in [0.15, 0.2) is 42.5 Å². The molecule has 1 heterocycles. The van der Waals surface area contributed by atoms with Crippen LogP contribution in [0.1, 0.15) is 0 Å². The van der Waals surface area contributed by atoms with Crippen LogP contribution >= 0.6 is 75.0 Å². The number of halogens is 6. The topological polar surface area (TPSA) is 77.0 Å². The number of thiocarbonyl (C=S) groups is 1. The summed E-state index contributed by atoms with van der Waals surface area (Å²) < 4.78 is 26.0. The van der Waals surface area contributed by atoms with E-state index >= 15 is 0 Å². The summed E-state index contributed by atoms with van der Waals surface area (Å²) in [7, 11) is 0. The van der Waals surface area contributed by atoms with Gasteiger partial charge in [0.15, 0.2) is 10.2 Å². The Morgan fingerprint density at radius 1 is 1.15 bits per heavy atom. The highest BCUT2D eigenvalue weighted by molar-refractivity contribution is 9.93. The molecule has 148 valence electrons. The molecule has 27 heavy (non-hydrogen) atoms. The van der Waals surface area contributed by atoms with Crippen molar-refractivity contribution in [3.8, 4) is 0 Å². The molecule has 3 rings (SSSR count). The number of nitrogens with two attached hydrogens (primary N) is 2. The first-order valence-electron chi connectivity index (χ1n) is 6.75. The Labute approximate surface area is 190 Å². The molecule has 0 bridgehead atoms. The molecule has 4 nitrogen and oxygen atoms in total. The first-order chi connectivity index (χ1) is 12.8. The van der Waals surface area contributed by atoms with Crippen LogP contribution < -0.4 is 16.8 Å². The van der Waals surface area contributed by atoms with Crippen molar-refractivity contribution in [2.45, 2.75) is 0 Å². The van der Waals surface area contributed by atoms with Crippen LogP contribution in [0.25, 0.3) is 10.2 Å². The van der Waals surface area contributed by atoms with E-state index in [2.05, 4.69) is 50.8 Å².